The second kappa shape index (κ2) is 5.77. The number of carboxylic acids is 1. The van der Waals surface area contributed by atoms with Crippen molar-refractivity contribution in [2.75, 3.05) is 0 Å². The number of aromatic nitrogens is 2. The van der Waals surface area contributed by atoms with Crippen LogP contribution in [0.2, 0.25) is 0 Å². The van der Waals surface area contributed by atoms with E-state index in [-0.39, 0.29) is 16.5 Å². The number of hydrogen-bond donors (Lipinski definition) is 2. The molecule has 6 nitrogen and oxygen atoms in total. The molecule has 24 heavy (non-hydrogen) atoms. The summed E-state index contributed by atoms with van der Waals surface area (Å²) in [5.41, 5.74) is 1.02. The summed E-state index contributed by atoms with van der Waals surface area (Å²) in [4.78, 5) is 27.7. The van der Waals surface area contributed by atoms with E-state index in [0.717, 1.165) is 6.07 Å². The number of pyridine rings is 1. The van der Waals surface area contributed by atoms with Gasteiger partial charge in [0.1, 0.15) is 0 Å². The van der Waals surface area contributed by atoms with E-state index in [1.54, 1.807) is 6.92 Å². The van der Waals surface area contributed by atoms with Crippen molar-refractivity contribution in [3.63, 3.8) is 0 Å². The zero-order chi connectivity index (χ0) is 17.4. The lowest BCUT2D eigenvalue weighted by molar-refractivity contribution is -0.136. The van der Waals surface area contributed by atoms with Crippen LogP contribution < -0.4 is 0 Å². The second-order valence-corrected chi connectivity index (χ2v) is 5.30. The van der Waals surface area contributed by atoms with Gasteiger partial charge in [-0.25, -0.2) is 4.39 Å². The molecule has 2 heterocycles. The Morgan fingerprint density at radius 3 is 2.50 bits per heavy atom. The highest BCUT2D eigenvalue weighted by Gasteiger charge is 2.24. The highest BCUT2D eigenvalue weighted by Crippen LogP contribution is 2.33. The van der Waals surface area contributed by atoms with Gasteiger partial charge in [-0.1, -0.05) is 0 Å². The van der Waals surface area contributed by atoms with Crippen molar-refractivity contribution in [3.8, 4) is 5.75 Å². The fourth-order valence-electron chi connectivity index (χ4n) is 2.78. The molecule has 7 heteroatoms. The van der Waals surface area contributed by atoms with Crippen LogP contribution in [0.4, 0.5) is 4.39 Å². The summed E-state index contributed by atoms with van der Waals surface area (Å²) in [6.07, 6.45) is 2.46. The first-order valence-corrected chi connectivity index (χ1v) is 7.09. The van der Waals surface area contributed by atoms with E-state index in [1.165, 1.54) is 35.2 Å². The molecule has 3 aromatic rings. The topological polar surface area (TPSA) is 92.4 Å². The highest BCUT2D eigenvalue weighted by atomic mass is 19.1. The molecule has 0 saturated heterocycles. The summed E-state index contributed by atoms with van der Waals surface area (Å²) >= 11 is 0. The highest BCUT2D eigenvalue weighted by molar-refractivity contribution is 6.05. The zero-order valence-corrected chi connectivity index (χ0v) is 12.7. The predicted octanol–water partition coefficient (Wildman–Crippen LogP) is 2.51. The van der Waals surface area contributed by atoms with Gasteiger partial charge in [-0.3, -0.25) is 19.1 Å². The molecule has 0 aliphatic heterocycles. The molecule has 3 rings (SSSR count). The zero-order valence-electron chi connectivity index (χ0n) is 12.7. The number of rotatable bonds is 3. The summed E-state index contributed by atoms with van der Waals surface area (Å²) in [5.74, 6) is -3.12. The summed E-state index contributed by atoms with van der Waals surface area (Å²) in [7, 11) is 0. The van der Waals surface area contributed by atoms with Crippen molar-refractivity contribution in [3.05, 3.63) is 59.3 Å². The number of aromatic hydroxyl groups is 1. The van der Waals surface area contributed by atoms with Crippen molar-refractivity contribution in [2.45, 2.75) is 13.3 Å². The molecular formula is C17H13FN2O4. The summed E-state index contributed by atoms with van der Waals surface area (Å²) in [6, 6.07) is 5.56. The quantitative estimate of drug-likeness (QED) is 0.770. The van der Waals surface area contributed by atoms with Gasteiger partial charge in [0.15, 0.2) is 11.6 Å². The number of carbonyl (C=O) groups excluding carboxylic acids is 1. The van der Waals surface area contributed by atoms with Crippen molar-refractivity contribution < 1.29 is 24.2 Å². The average Bonchev–Trinajstić information content (AvgIpc) is 2.83. The average molecular weight is 328 g/mol. The maximum absolute atomic E-state index is 14.4. The van der Waals surface area contributed by atoms with Gasteiger partial charge >= 0.3 is 5.97 Å². The molecule has 0 atom stereocenters. The monoisotopic (exact) mass is 328 g/mol. The number of nitrogens with zero attached hydrogens (tertiary/aromatic N) is 2. The van der Waals surface area contributed by atoms with E-state index in [2.05, 4.69) is 4.98 Å². The van der Waals surface area contributed by atoms with Gasteiger partial charge in [-0.15, -0.1) is 0 Å². The smallest absolute Gasteiger partial charge is 0.307 e. The molecule has 0 spiro atoms. The maximum atomic E-state index is 14.4. The van der Waals surface area contributed by atoms with Gasteiger partial charge in [0, 0.05) is 29.0 Å². The van der Waals surface area contributed by atoms with Gasteiger partial charge in [0.2, 0.25) is 0 Å². The third kappa shape index (κ3) is 2.40. The Labute approximate surface area is 135 Å². The van der Waals surface area contributed by atoms with Crippen LogP contribution in [-0.4, -0.2) is 31.6 Å². The minimum absolute atomic E-state index is 0.0580. The molecular weight excluding hydrogens is 315 g/mol. The summed E-state index contributed by atoms with van der Waals surface area (Å²) in [6.45, 7) is 1.55. The van der Waals surface area contributed by atoms with Crippen molar-refractivity contribution in [1.29, 1.82) is 0 Å². The number of carbonyl (C=O) groups is 2. The molecule has 0 saturated carbocycles. The first-order valence-electron chi connectivity index (χ1n) is 7.09. The SMILES string of the molecule is Cc1c(CC(=O)O)c2c(F)c(O)ccc2n1C(=O)c1ccncc1. The van der Waals surface area contributed by atoms with Crippen LogP contribution in [0, 0.1) is 12.7 Å². The third-order valence-corrected chi connectivity index (χ3v) is 3.87. The van der Waals surface area contributed by atoms with Gasteiger partial charge in [0.05, 0.1) is 11.9 Å². The second-order valence-electron chi connectivity index (χ2n) is 5.30. The Kier molecular flexibility index (Phi) is 3.76. The van der Waals surface area contributed by atoms with Crippen molar-refractivity contribution in [2.24, 2.45) is 0 Å². The van der Waals surface area contributed by atoms with Gasteiger partial charge < -0.3 is 10.2 Å². The number of fused-ring (bicyclic) bond motifs is 1. The third-order valence-electron chi connectivity index (χ3n) is 3.87. The summed E-state index contributed by atoms with van der Waals surface area (Å²) < 4.78 is 15.6. The first kappa shape index (κ1) is 15.7. The number of aliphatic carboxylic acids is 1. The molecule has 0 aliphatic rings. The fourth-order valence-corrected chi connectivity index (χ4v) is 2.78. The van der Waals surface area contributed by atoms with E-state index in [0.29, 0.717) is 11.3 Å². The molecule has 122 valence electrons. The van der Waals surface area contributed by atoms with Crippen molar-refractivity contribution >= 4 is 22.8 Å². The van der Waals surface area contributed by atoms with Crippen LogP contribution in [0.1, 0.15) is 21.6 Å². The normalized spacial score (nSPS) is 10.9. The van der Waals surface area contributed by atoms with Crippen molar-refractivity contribution in [1.82, 2.24) is 9.55 Å². The molecule has 0 bridgehead atoms. The van der Waals surface area contributed by atoms with E-state index in [4.69, 9.17) is 5.11 Å². The van der Waals surface area contributed by atoms with E-state index >= 15 is 0 Å². The van der Waals surface area contributed by atoms with Crippen LogP contribution in [0.5, 0.6) is 5.75 Å². The lowest BCUT2D eigenvalue weighted by Crippen LogP contribution is -2.14. The molecule has 0 fully saturated rings. The number of halogens is 1. The van der Waals surface area contributed by atoms with Crippen LogP contribution in [0.15, 0.2) is 36.7 Å². The molecule has 0 radical (unpaired) electrons. The Bertz CT molecular complexity index is 964. The van der Waals surface area contributed by atoms with Gasteiger partial charge in [-0.2, -0.15) is 0 Å². The largest absolute Gasteiger partial charge is 0.505 e. The molecule has 0 amide bonds. The number of phenols is 1. The first-order chi connectivity index (χ1) is 11.4. The van der Waals surface area contributed by atoms with Gasteiger partial charge in [0.25, 0.3) is 5.91 Å². The minimum atomic E-state index is -1.16. The Morgan fingerprint density at radius 2 is 1.88 bits per heavy atom. The number of phenolic OH excluding ortho intramolecular Hbond substituents is 1. The molecule has 0 aliphatic carbocycles. The fraction of sp³-hybridized carbons (Fsp3) is 0.118. The molecule has 2 N–H and O–H groups in total. The summed E-state index contributed by atoms with van der Waals surface area (Å²) in [5, 5.41) is 18.6. The molecule has 0 unspecified atom stereocenters. The van der Waals surface area contributed by atoms with Crippen LogP contribution in [0.3, 0.4) is 0 Å². The maximum Gasteiger partial charge on any atom is 0.307 e. The predicted molar refractivity (Wildman–Crippen MR) is 83.6 cm³/mol. The lowest BCUT2D eigenvalue weighted by Gasteiger charge is -2.07. The number of hydrogen-bond acceptors (Lipinski definition) is 4. The van der Waals surface area contributed by atoms with E-state index in [9.17, 15) is 19.1 Å². The molecule has 1 aromatic carbocycles. The Balaban J connectivity index is 2.33. The molecule has 2 aromatic heterocycles. The van der Waals surface area contributed by atoms with Crippen LogP contribution in [0.25, 0.3) is 10.9 Å². The van der Waals surface area contributed by atoms with E-state index < -0.39 is 29.9 Å². The number of carboxylic acid groups (broad SMARTS) is 1. The van der Waals surface area contributed by atoms with Crippen LogP contribution >= 0.6 is 0 Å². The Morgan fingerprint density at radius 1 is 1.21 bits per heavy atom. The minimum Gasteiger partial charge on any atom is -0.505 e. The standard InChI is InChI=1S/C17H13FN2O4/c1-9-11(8-14(22)23)15-12(2-3-13(21)16(15)18)20(9)17(24)10-4-6-19-7-5-10/h2-7,21H,8H2,1H3,(H,22,23). The Hall–Kier alpha value is -3.22. The van der Waals surface area contributed by atoms with Crippen LogP contribution in [-0.2, 0) is 11.2 Å². The van der Waals surface area contributed by atoms with E-state index in [1.807, 2.05) is 0 Å². The van der Waals surface area contributed by atoms with Gasteiger partial charge in [-0.05, 0) is 36.8 Å². The number of benzene rings is 1. The lowest BCUT2D eigenvalue weighted by atomic mass is 10.1.